The smallest absolute Gasteiger partial charge is 0.269 e. The van der Waals surface area contributed by atoms with E-state index in [9.17, 15) is 14.9 Å². The van der Waals surface area contributed by atoms with Crippen LogP contribution in [0.3, 0.4) is 0 Å². The Balaban J connectivity index is 2.09. The van der Waals surface area contributed by atoms with E-state index in [-0.39, 0.29) is 18.1 Å². The molecular formula is C11H11N5O3. The minimum atomic E-state index is -0.497. The topological polar surface area (TPSA) is 114 Å². The predicted molar refractivity (Wildman–Crippen MR) is 65.4 cm³/mol. The van der Waals surface area contributed by atoms with Gasteiger partial charge in [-0.15, -0.1) is 0 Å². The van der Waals surface area contributed by atoms with Gasteiger partial charge in [0.15, 0.2) is 0 Å². The van der Waals surface area contributed by atoms with E-state index in [1.165, 1.54) is 24.5 Å². The van der Waals surface area contributed by atoms with Gasteiger partial charge in [0.2, 0.25) is 0 Å². The van der Waals surface area contributed by atoms with E-state index in [1.807, 2.05) is 0 Å². The van der Waals surface area contributed by atoms with Crippen molar-refractivity contribution in [2.24, 2.45) is 0 Å². The Morgan fingerprint density at radius 1 is 1.53 bits per heavy atom. The second kappa shape index (κ2) is 5.25. The van der Waals surface area contributed by atoms with Crippen molar-refractivity contribution < 1.29 is 9.72 Å². The largest absolute Gasteiger partial charge is 0.345 e. The highest BCUT2D eigenvalue weighted by atomic mass is 16.6. The van der Waals surface area contributed by atoms with Crippen LogP contribution < -0.4 is 5.32 Å². The molecule has 0 bridgehead atoms. The van der Waals surface area contributed by atoms with E-state index in [1.54, 1.807) is 6.92 Å². The molecule has 1 aromatic carbocycles. The second-order valence-corrected chi connectivity index (χ2v) is 3.87. The number of aromatic nitrogens is 3. The van der Waals surface area contributed by atoms with E-state index in [0.29, 0.717) is 17.0 Å². The first kappa shape index (κ1) is 12.7. The molecule has 1 amide bonds. The van der Waals surface area contributed by atoms with Crippen LogP contribution in [-0.4, -0.2) is 26.0 Å². The first-order valence-corrected chi connectivity index (χ1v) is 5.45. The SMILES string of the molecule is Cc1cc([N+](=O)[O-])ccc1C(=O)NCc1ncn[nH]1. The average molecular weight is 261 g/mol. The highest BCUT2D eigenvalue weighted by Gasteiger charge is 2.13. The number of hydrogen-bond acceptors (Lipinski definition) is 5. The molecule has 0 radical (unpaired) electrons. The van der Waals surface area contributed by atoms with Crippen molar-refractivity contribution in [3.05, 3.63) is 51.6 Å². The maximum absolute atomic E-state index is 11.9. The lowest BCUT2D eigenvalue weighted by atomic mass is 10.1. The molecule has 2 N–H and O–H groups in total. The second-order valence-electron chi connectivity index (χ2n) is 3.87. The highest BCUT2D eigenvalue weighted by Crippen LogP contribution is 2.17. The van der Waals surface area contributed by atoms with Gasteiger partial charge in [-0.25, -0.2) is 4.98 Å². The third-order valence-corrected chi connectivity index (χ3v) is 2.55. The summed E-state index contributed by atoms with van der Waals surface area (Å²) < 4.78 is 0. The number of aromatic amines is 1. The summed E-state index contributed by atoms with van der Waals surface area (Å²) in [7, 11) is 0. The van der Waals surface area contributed by atoms with E-state index in [4.69, 9.17) is 0 Å². The Bertz CT molecular complexity index is 609. The van der Waals surface area contributed by atoms with Crippen molar-refractivity contribution in [1.82, 2.24) is 20.5 Å². The lowest BCUT2D eigenvalue weighted by Crippen LogP contribution is -2.24. The van der Waals surface area contributed by atoms with Gasteiger partial charge in [0, 0.05) is 17.7 Å². The summed E-state index contributed by atoms with van der Waals surface area (Å²) >= 11 is 0. The number of rotatable bonds is 4. The average Bonchev–Trinajstić information content (AvgIpc) is 2.88. The summed E-state index contributed by atoms with van der Waals surface area (Å²) in [4.78, 5) is 25.9. The van der Waals surface area contributed by atoms with Gasteiger partial charge in [-0.3, -0.25) is 20.0 Å². The number of carbonyl (C=O) groups is 1. The van der Waals surface area contributed by atoms with Crippen molar-refractivity contribution >= 4 is 11.6 Å². The van der Waals surface area contributed by atoms with Crippen LogP contribution in [-0.2, 0) is 6.54 Å². The van der Waals surface area contributed by atoms with Crippen molar-refractivity contribution in [3.8, 4) is 0 Å². The van der Waals surface area contributed by atoms with Crippen molar-refractivity contribution in [2.45, 2.75) is 13.5 Å². The monoisotopic (exact) mass is 261 g/mol. The van der Waals surface area contributed by atoms with Crippen LogP contribution in [0.2, 0.25) is 0 Å². The van der Waals surface area contributed by atoms with Crippen LogP contribution >= 0.6 is 0 Å². The number of aryl methyl sites for hydroxylation is 1. The van der Waals surface area contributed by atoms with Crippen LogP contribution in [0.5, 0.6) is 0 Å². The molecule has 0 spiro atoms. The molecule has 98 valence electrons. The number of nitro groups is 1. The van der Waals surface area contributed by atoms with Crippen LogP contribution in [0.25, 0.3) is 0 Å². The fourth-order valence-corrected chi connectivity index (χ4v) is 1.59. The Kier molecular flexibility index (Phi) is 3.51. The third-order valence-electron chi connectivity index (χ3n) is 2.55. The van der Waals surface area contributed by atoms with Crippen LogP contribution in [0.4, 0.5) is 5.69 Å². The minimum Gasteiger partial charge on any atom is -0.345 e. The molecule has 2 rings (SSSR count). The molecule has 0 saturated heterocycles. The van der Waals surface area contributed by atoms with Gasteiger partial charge in [-0.05, 0) is 18.6 Å². The maximum Gasteiger partial charge on any atom is 0.269 e. The zero-order valence-corrected chi connectivity index (χ0v) is 10.1. The van der Waals surface area contributed by atoms with Gasteiger partial charge in [-0.2, -0.15) is 5.10 Å². The molecule has 0 aliphatic carbocycles. The number of nitrogens with zero attached hydrogens (tertiary/aromatic N) is 3. The van der Waals surface area contributed by atoms with Gasteiger partial charge in [0.25, 0.3) is 11.6 Å². The molecule has 19 heavy (non-hydrogen) atoms. The molecule has 0 fully saturated rings. The molecule has 0 saturated carbocycles. The molecule has 0 unspecified atom stereocenters. The van der Waals surface area contributed by atoms with Crippen molar-refractivity contribution in [1.29, 1.82) is 0 Å². The first-order valence-electron chi connectivity index (χ1n) is 5.45. The van der Waals surface area contributed by atoms with E-state index < -0.39 is 4.92 Å². The summed E-state index contributed by atoms with van der Waals surface area (Å²) in [6.07, 6.45) is 1.35. The molecular weight excluding hydrogens is 250 g/mol. The summed E-state index contributed by atoms with van der Waals surface area (Å²) in [5.74, 6) is 0.219. The summed E-state index contributed by atoms with van der Waals surface area (Å²) in [6.45, 7) is 1.87. The number of nitrogens with one attached hydrogen (secondary N) is 2. The third kappa shape index (κ3) is 2.92. The summed E-state index contributed by atoms with van der Waals surface area (Å²) in [5, 5.41) is 19.5. The van der Waals surface area contributed by atoms with Crippen LogP contribution in [0.1, 0.15) is 21.7 Å². The lowest BCUT2D eigenvalue weighted by Gasteiger charge is -2.06. The maximum atomic E-state index is 11.9. The van der Waals surface area contributed by atoms with Gasteiger partial charge in [-0.1, -0.05) is 0 Å². The predicted octanol–water partition coefficient (Wildman–Crippen LogP) is 0.951. The number of carbonyl (C=O) groups excluding carboxylic acids is 1. The molecule has 2 aromatic rings. The minimum absolute atomic E-state index is 0.0377. The van der Waals surface area contributed by atoms with Gasteiger partial charge in [0.05, 0.1) is 11.5 Å². The Morgan fingerprint density at radius 2 is 2.32 bits per heavy atom. The van der Waals surface area contributed by atoms with E-state index in [2.05, 4.69) is 20.5 Å². The molecule has 0 atom stereocenters. The number of amides is 1. The van der Waals surface area contributed by atoms with E-state index >= 15 is 0 Å². The van der Waals surface area contributed by atoms with Crippen molar-refractivity contribution in [3.63, 3.8) is 0 Å². The number of nitro benzene ring substituents is 1. The molecule has 8 heteroatoms. The Labute approximate surface area is 108 Å². The van der Waals surface area contributed by atoms with Gasteiger partial charge < -0.3 is 5.32 Å². The van der Waals surface area contributed by atoms with E-state index in [0.717, 1.165) is 0 Å². The van der Waals surface area contributed by atoms with Gasteiger partial charge >= 0.3 is 0 Å². The van der Waals surface area contributed by atoms with Crippen LogP contribution in [0, 0.1) is 17.0 Å². The molecule has 8 nitrogen and oxygen atoms in total. The number of hydrogen-bond donors (Lipinski definition) is 2. The summed E-state index contributed by atoms with van der Waals surface area (Å²) in [5.41, 5.74) is 0.902. The number of H-pyrrole nitrogens is 1. The fourth-order valence-electron chi connectivity index (χ4n) is 1.59. The number of non-ortho nitro benzene ring substituents is 1. The lowest BCUT2D eigenvalue weighted by molar-refractivity contribution is -0.384. The first-order chi connectivity index (χ1) is 9.08. The van der Waals surface area contributed by atoms with Crippen molar-refractivity contribution in [2.75, 3.05) is 0 Å². The van der Waals surface area contributed by atoms with Crippen LogP contribution in [0.15, 0.2) is 24.5 Å². The zero-order chi connectivity index (χ0) is 13.8. The normalized spacial score (nSPS) is 10.2. The standard InChI is InChI=1S/C11H11N5O3/c1-7-4-8(16(18)19)2-3-9(7)11(17)12-5-10-13-6-14-15-10/h2-4,6H,5H2,1H3,(H,12,17)(H,13,14,15). The molecule has 1 heterocycles. The Morgan fingerprint density at radius 3 is 2.89 bits per heavy atom. The zero-order valence-electron chi connectivity index (χ0n) is 10.1. The summed E-state index contributed by atoms with van der Waals surface area (Å²) in [6, 6.07) is 4.10. The molecule has 1 aromatic heterocycles. The molecule has 0 aliphatic rings. The van der Waals surface area contributed by atoms with Gasteiger partial charge in [0.1, 0.15) is 12.2 Å². The fraction of sp³-hybridized carbons (Fsp3) is 0.182. The molecule has 0 aliphatic heterocycles. The highest BCUT2D eigenvalue weighted by molar-refractivity contribution is 5.95. The number of benzene rings is 1. The Hall–Kier alpha value is -2.77. The quantitative estimate of drug-likeness (QED) is 0.628.